The number of piperidine rings is 1. The number of carbonyl (C=O) groups excluding carboxylic acids is 2. The van der Waals surface area contributed by atoms with E-state index >= 15 is 0 Å². The minimum absolute atomic E-state index is 0.0950. The summed E-state index contributed by atoms with van der Waals surface area (Å²) in [6, 6.07) is 12.3. The molecule has 1 atom stereocenters. The molecule has 2 aliphatic heterocycles. The molecule has 2 amide bonds. The van der Waals surface area contributed by atoms with Crippen LogP contribution in [0.25, 0.3) is 0 Å². The summed E-state index contributed by atoms with van der Waals surface area (Å²) >= 11 is 0. The molecule has 0 bridgehead atoms. The molecular weight excluding hydrogens is 436 g/mol. The van der Waals surface area contributed by atoms with Crippen LogP contribution in [0, 0.1) is 23.0 Å². The summed E-state index contributed by atoms with van der Waals surface area (Å²) in [5.41, 5.74) is 2.57. The second kappa shape index (κ2) is 10.1. The Balaban J connectivity index is 1.39. The number of likely N-dealkylation sites (tertiary alicyclic amines) is 1. The van der Waals surface area contributed by atoms with Crippen molar-refractivity contribution in [2.24, 2.45) is 5.92 Å². The average molecular weight is 467 g/mol. The fraction of sp³-hybridized carbons (Fsp3) is 0.440. The van der Waals surface area contributed by atoms with Gasteiger partial charge in [0.15, 0.2) is 0 Å². The summed E-state index contributed by atoms with van der Waals surface area (Å²) < 4.78 is 5.24. The van der Waals surface area contributed by atoms with Gasteiger partial charge in [0, 0.05) is 51.0 Å². The number of anilines is 1. The Morgan fingerprint density at radius 1 is 1.03 bits per heavy atom. The molecule has 0 saturated carbocycles. The van der Waals surface area contributed by atoms with E-state index < -0.39 is 4.92 Å². The molecule has 2 aliphatic rings. The van der Waals surface area contributed by atoms with Crippen molar-refractivity contribution < 1.29 is 19.2 Å². The Morgan fingerprint density at radius 2 is 1.76 bits per heavy atom. The number of methoxy groups -OCH3 is 1. The predicted octanol–water partition coefficient (Wildman–Crippen LogP) is 3.11. The van der Waals surface area contributed by atoms with Gasteiger partial charge in [-0.3, -0.25) is 19.7 Å². The molecule has 0 aromatic heterocycles. The lowest BCUT2D eigenvalue weighted by atomic mass is 9.95. The highest BCUT2D eigenvalue weighted by Crippen LogP contribution is 2.28. The van der Waals surface area contributed by atoms with Crippen molar-refractivity contribution in [2.75, 3.05) is 51.3 Å². The summed E-state index contributed by atoms with van der Waals surface area (Å²) in [6.45, 7) is 5.87. The van der Waals surface area contributed by atoms with Gasteiger partial charge in [0.25, 0.3) is 11.6 Å². The Kier molecular flexibility index (Phi) is 7.00. The van der Waals surface area contributed by atoms with Crippen LogP contribution in [0.15, 0.2) is 42.5 Å². The minimum Gasteiger partial charge on any atom is -0.496 e. The molecule has 2 aromatic carbocycles. The molecule has 9 nitrogen and oxygen atoms in total. The van der Waals surface area contributed by atoms with Crippen LogP contribution in [0.1, 0.15) is 28.8 Å². The Bertz CT molecular complexity index is 1080. The van der Waals surface area contributed by atoms with Gasteiger partial charge in [0.1, 0.15) is 5.75 Å². The minimum atomic E-state index is -0.523. The number of non-ortho nitro benzene ring substituents is 1. The molecule has 0 spiro atoms. The highest BCUT2D eigenvalue weighted by molar-refractivity contribution is 5.97. The molecule has 1 unspecified atom stereocenters. The zero-order valence-electron chi connectivity index (χ0n) is 19.6. The monoisotopic (exact) mass is 466 g/mol. The van der Waals surface area contributed by atoms with Crippen molar-refractivity contribution >= 4 is 23.2 Å². The Morgan fingerprint density at radius 3 is 2.44 bits per heavy atom. The van der Waals surface area contributed by atoms with Crippen LogP contribution in [0.5, 0.6) is 5.75 Å². The lowest BCUT2D eigenvalue weighted by molar-refractivity contribution is -0.384. The molecule has 34 heavy (non-hydrogen) atoms. The second-order valence-electron chi connectivity index (χ2n) is 8.83. The number of benzene rings is 2. The topological polar surface area (TPSA) is 96.2 Å². The molecule has 2 fully saturated rings. The number of ether oxygens (including phenoxy) is 1. The molecule has 9 heteroatoms. The van der Waals surface area contributed by atoms with Crippen molar-refractivity contribution in [1.29, 1.82) is 0 Å². The van der Waals surface area contributed by atoms with E-state index in [-0.39, 0.29) is 34.7 Å². The number of nitro groups is 1. The molecule has 2 heterocycles. The predicted molar refractivity (Wildman–Crippen MR) is 128 cm³/mol. The van der Waals surface area contributed by atoms with E-state index in [1.165, 1.54) is 36.6 Å². The molecule has 2 saturated heterocycles. The van der Waals surface area contributed by atoms with Gasteiger partial charge in [-0.2, -0.15) is 0 Å². The first-order valence-corrected chi connectivity index (χ1v) is 11.6. The third-order valence-electron chi connectivity index (χ3n) is 6.73. The van der Waals surface area contributed by atoms with Gasteiger partial charge in [0.2, 0.25) is 5.91 Å². The van der Waals surface area contributed by atoms with E-state index in [2.05, 4.69) is 24.0 Å². The molecule has 180 valence electrons. The largest absolute Gasteiger partial charge is 0.496 e. The number of piperazine rings is 1. The fourth-order valence-corrected chi connectivity index (χ4v) is 4.85. The summed E-state index contributed by atoms with van der Waals surface area (Å²) in [6.07, 6.45) is 1.48. The number of aryl methyl sites for hydroxylation is 1. The Hall–Kier alpha value is -3.62. The van der Waals surface area contributed by atoms with Gasteiger partial charge in [-0.1, -0.05) is 18.2 Å². The fourth-order valence-electron chi connectivity index (χ4n) is 4.85. The number of para-hydroxylation sites is 1. The van der Waals surface area contributed by atoms with Crippen molar-refractivity contribution in [3.05, 3.63) is 63.7 Å². The average Bonchev–Trinajstić information content (AvgIpc) is 2.88. The summed E-state index contributed by atoms with van der Waals surface area (Å²) in [4.78, 5) is 42.9. The van der Waals surface area contributed by atoms with Crippen LogP contribution < -0.4 is 9.64 Å². The van der Waals surface area contributed by atoms with E-state index in [1.54, 1.807) is 4.90 Å². The van der Waals surface area contributed by atoms with Crippen LogP contribution in [0.2, 0.25) is 0 Å². The number of carbonyl (C=O) groups is 2. The number of amides is 2. The van der Waals surface area contributed by atoms with Gasteiger partial charge in [-0.15, -0.1) is 0 Å². The highest BCUT2D eigenvalue weighted by atomic mass is 16.6. The molecule has 2 aromatic rings. The highest BCUT2D eigenvalue weighted by Gasteiger charge is 2.34. The van der Waals surface area contributed by atoms with Crippen LogP contribution in [0.3, 0.4) is 0 Å². The van der Waals surface area contributed by atoms with Crippen LogP contribution >= 0.6 is 0 Å². The van der Waals surface area contributed by atoms with E-state index in [4.69, 9.17) is 4.74 Å². The zero-order chi connectivity index (χ0) is 24.2. The van der Waals surface area contributed by atoms with Crippen LogP contribution in [-0.2, 0) is 4.79 Å². The lowest BCUT2D eigenvalue weighted by Gasteiger charge is -2.40. The standard InChI is InChI=1S/C25H30N4O5/c1-18-6-3-4-8-22(18)26-12-14-27(15-13-26)24(30)19-7-5-11-28(17-19)25(31)21-10-9-20(29(32)33)16-23(21)34-2/h3-4,6,8-10,16,19H,5,7,11-15,17H2,1-2H3. The molecule has 4 rings (SSSR count). The van der Waals surface area contributed by atoms with E-state index in [1.807, 2.05) is 17.0 Å². The number of nitrogens with zero attached hydrogens (tertiary/aromatic N) is 4. The van der Waals surface area contributed by atoms with Crippen molar-refractivity contribution in [3.8, 4) is 5.75 Å². The first kappa shape index (κ1) is 23.5. The first-order valence-electron chi connectivity index (χ1n) is 11.6. The van der Waals surface area contributed by atoms with E-state index in [9.17, 15) is 19.7 Å². The van der Waals surface area contributed by atoms with Crippen LogP contribution in [-0.4, -0.2) is 72.9 Å². The number of rotatable bonds is 5. The smallest absolute Gasteiger partial charge is 0.273 e. The molecular formula is C25H30N4O5. The second-order valence-corrected chi connectivity index (χ2v) is 8.83. The lowest BCUT2D eigenvalue weighted by Crippen LogP contribution is -2.53. The van der Waals surface area contributed by atoms with Gasteiger partial charge < -0.3 is 19.4 Å². The number of hydrogen-bond acceptors (Lipinski definition) is 6. The first-order chi connectivity index (χ1) is 16.4. The third-order valence-corrected chi connectivity index (χ3v) is 6.73. The molecule has 0 N–H and O–H groups in total. The van der Waals surface area contributed by atoms with E-state index in [0.717, 1.165) is 25.9 Å². The molecule has 0 radical (unpaired) electrons. The van der Waals surface area contributed by atoms with Gasteiger partial charge in [-0.05, 0) is 37.5 Å². The maximum atomic E-state index is 13.3. The normalized spacial score (nSPS) is 18.5. The van der Waals surface area contributed by atoms with Gasteiger partial charge >= 0.3 is 0 Å². The molecule has 0 aliphatic carbocycles. The SMILES string of the molecule is COc1cc([N+](=O)[O-])ccc1C(=O)N1CCCC(C(=O)N2CCN(c3ccccc3C)CC2)C1. The van der Waals surface area contributed by atoms with Crippen molar-refractivity contribution in [1.82, 2.24) is 9.80 Å². The quantitative estimate of drug-likeness (QED) is 0.496. The number of nitro benzene ring substituents is 1. The Labute approximate surface area is 199 Å². The maximum Gasteiger partial charge on any atom is 0.273 e. The summed E-state index contributed by atoms with van der Waals surface area (Å²) in [5, 5.41) is 11.0. The van der Waals surface area contributed by atoms with Gasteiger partial charge in [-0.25, -0.2) is 0 Å². The maximum absolute atomic E-state index is 13.3. The zero-order valence-corrected chi connectivity index (χ0v) is 19.6. The van der Waals surface area contributed by atoms with E-state index in [0.29, 0.717) is 26.2 Å². The third kappa shape index (κ3) is 4.83. The summed E-state index contributed by atoms with van der Waals surface area (Å²) in [5.74, 6) is -0.252. The number of hydrogen-bond donors (Lipinski definition) is 0. The van der Waals surface area contributed by atoms with Gasteiger partial charge in [0.05, 0.1) is 29.6 Å². The summed E-state index contributed by atoms with van der Waals surface area (Å²) in [7, 11) is 1.38. The van der Waals surface area contributed by atoms with Crippen molar-refractivity contribution in [2.45, 2.75) is 19.8 Å². The van der Waals surface area contributed by atoms with Crippen molar-refractivity contribution in [3.63, 3.8) is 0 Å². The van der Waals surface area contributed by atoms with Crippen LogP contribution in [0.4, 0.5) is 11.4 Å².